The van der Waals surface area contributed by atoms with E-state index in [0.29, 0.717) is 24.9 Å². The third kappa shape index (κ3) is 6.47. The van der Waals surface area contributed by atoms with Gasteiger partial charge < -0.3 is 10.4 Å². The minimum absolute atomic E-state index is 0.143. The van der Waals surface area contributed by atoms with Crippen molar-refractivity contribution in [2.45, 2.75) is 45.4 Å². The van der Waals surface area contributed by atoms with Crippen LogP contribution in [0.25, 0.3) is 0 Å². The highest BCUT2D eigenvalue weighted by Gasteiger charge is 2.29. The molecule has 0 heterocycles. The van der Waals surface area contributed by atoms with Crippen LogP contribution in [0.3, 0.4) is 0 Å². The van der Waals surface area contributed by atoms with Crippen LogP contribution in [0.15, 0.2) is 24.3 Å². The summed E-state index contributed by atoms with van der Waals surface area (Å²) in [6, 6.07) is 4.82. The Kier molecular flexibility index (Phi) is 6.87. The number of aryl methyl sites for hydroxylation is 1. The minimum Gasteiger partial charge on any atom is -0.393 e. The Labute approximate surface area is 128 Å². The maximum atomic E-state index is 12.4. The zero-order valence-electron chi connectivity index (χ0n) is 12.8. The molecule has 0 saturated carbocycles. The van der Waals surface area contributed by atoms with Crippen LogP contribution in [-0.4, -0.2) is 23.7 Å². The lowest BCUT2D eigenvalue weighted by Gasteiger charge is -2.14. The van der Waals surface area contributed by atoms with Crippen molar-refractivity contribution in [2.75, 3.05) is 6.54 Å². The van der Waals surface area contributed by atoms with Crippen LogP contribution in [0, 0.1) is 5.92 Å². The standard InChI is InChI=1S/C16H22F3NO2/c1-11(2)14(21)9-10-20-15(22)8-5-12-3-6-13(7-4-12)16(17,18)19/h3-4,6-7,11,14,21H,5,8-10H2,1-2H3,(H,20,22). The molecule has 0 aromatic heterocycles. The largest absolute Gasteiger partial charge is 0.416 e. The molecule has 0 bridgehead atoms. The van der Waals surface area contributed by atoms with Gasteiger partial charge in [-0.1, -0.05) is 26.0 Å². The molecule has 6 heteroatoms. The Hall–Kier alpha value is -1.56. The number of benzene rings is 1. The van der Waals surface area contributed by atoms with Crippen molar-refractivity contribution < 1.29 is 23.1 Å². The van der Waals surface area contributed by atoms with E-state index in [1.54, 1.807) is 0 Å². The van der Waals surface area contributed by atoms with Gasteiger partial charge in [0.05, 0.1) is 11.7 Å². The van der Waals surface area contributed by atoms with Gasteiger partial charge in [-0.15, -0.1) is 0 Å². The van der Waals surface area contributed by atoms with Crippen molar-refractivity contribution >= 4 is 5.91 Å². The third-order valence-electron chi connectivity index (χ3n) is 3.45. The second-order valence-corrected chi connectivity index (χ2v) is 5.64. The average molecular weight is 317 g/mol. The number of hydrogen-bond donors (Lipinski definition) is 2. The Bertz CT molecular complexity index is 469. The summed E-state index contributed by atoms with van der Waals surface area (Å²) in [5.41, 5.74) is -0.00580. The van der Waals surface area contributed by atoms with Gasteiger partial charge in [0.15, 0.2) is 0 Å². The molecular formula is C16H22F3NO2. The molecule has 1 rings (SSSR count). The topological polar surface area (TPSA) is 49.3 Å². The van der Waals surface area contributed by atoms with Gasteiger partial charge in [0.25, 0.3) is 0 Å². The monoisotopic (exact) mass is 317 g/mol. The summed E-state index contributed by atoms with van der Waals surface area (Å²) in [5, 5.41) is 12.3. The molecule has 1 amide bonds. The highest BCUT2D eigenvalue weighted by Crippen LogP contribution is 2.29. The van der Waals surface area contributed by atoms with Crippen LogP contribution < -0.4 is 5.32 Å². The van der Waals surface area contributed by atoms with Gasteiger partial charge in [0.1, 0.15) is 0 Å². The van der Waals surface area contributed by atoms with Gasteiger partial charge in [0.2, 0.25) is 5.91 Å². The lowest BCUT2D eigenvalue weighted by molar-refractivity contribution is -0.137. The van der Waals surface area contributed by atoms with E-state index in [0.717, 1.165) is 12.1 Å². The van der Waals surface area contributed by atoms with Crippen LogP contribution in [0.5, 0.6) is 0 Å². The number of hydrogen-bond acceptors (Lipinski definition) is 2. The number of carbonyl (C=O) groups excluding carboxylic acids is 1. The summed E-state index contributed by atoms with van der Waals surface area (Å²) in [6.45, 7) is 4.19. The summed E-state index contributed by atoms with van der Waals surface area (Å²) in [5.74, 6) is -0.0279. The lowest BCUT2D eigenvalue weighted by atomic mass is 10.0. The predicted octanol–water partition coefficient (Wildman–Crippen LogP) is 3.16. The van der Waals surface area contributed by atoms with Crippen LogP contribution >= 0.6 is 0 Å². The van der Waals surface area contributed by atoms with Gasteiger partial charge in [-0.25, -0.2) is 0 Å². The number of carbonyl (C=O) groups is 1. The molecule has 1 unspecified atom stereocenters. The molecule has 3 nitrogen and oxygen atoms in total. The third-order valence-corrected chi connectivity index (χ3v) is 3.45. The number of alkyl halides is 3. The van der Waals surface area contributed by atoms with E-state index < -0.39 is 17.8 Å². The molecule has 1 atom stereocenters. The van der Waals surface area contributed by atoms with Crippen molar-refractivity contribution in [3.8, 4) is 0 Å². The smallest absolute Gasteiger partial charge is 0.393 e. The van der Waals surface area contributed by atoms with Crippen LogP contribution in [0.2, 0.25) is 0 Å². The predicted molar refractivity (Wildman–Crippen MR) is 78.2 cm³/mol. The van der Waals surface area contributed by atoms with Crippen LogP contribution in [0.4, 0.5) is 13.2 Å². The maximum absolute atomic E-state index is 12.4. The van der Waals surface area contributed by atoms with Gasteiger partial charge in [-0.05, 0) is 36.5 Å². The number of aliphatic hydroxyl groups is 1. The molecule has 0 aliphatic heterocycles. The van der Waals surface area contributed by atoms with Crippen LogP contribution in [0.1, 0.15) is 37.8 Å². The first-order valence-electron chi connectivity index (χ1n) is 7.31. The molecule has 124 valence electrons. The quantitative estimate of drug-likeness (QED) is 0.811. The molecule has 0 aliphatic carbocycles. The molecule has 2 N–H and O–H groups in total. The summed E-state index contributed by atoms with van der Waals surface area (Å²) >= 11 is 0. The van der Waals surface area contributed by atoms with Gasteiger partial charge in [-0.2, -0.15) is 13.2 Å². The zero-order valence-corrected chi connectivity index (χ0v) is 12.8. The number of halogens is 3. The molecule has 0 spiro atoms. The number of amides is 1. The fourth-order valence-corrected chi connectivity index (χ4v) is 1.90. The Balaban J connectivity index is 2.32. The second kappa shape index (κ2) is 8.17. The lowest BCUT2D eigenvalue weighted by Crippen LogP contribution is -2.28. The van der Waals surface area contributed by atoms with Gasteiger partial charge in [0, 0.05) is 13.0 Å². The van der Waals surface area contributed by atoms with Gasteiger partial charge in [-0.3, -0.25) is 4.79 Å². The summed E-state index contributed by atoms with van der Waals surface area (Å²) in [7, 11) is 0. The summed E-state index contributed by atoms with van der Waals surface area (Å²) in [6.07, 6.45) is -3.70. The van der Waals surface area contributed by atoms with Crippen molar-refractivity contribution in [3.63, 3.8) is 0 Å². The minimum atomic E-state index is -4.34. The zero-order chi connectivity index (χ0) is 16.8. The molecule has 0 radical (unpaired) electrons. The molecular weight excluding hydrogens is 295 g/mol. The summed E-state index contributed by atoms with van der Waals surface area (Å²) < 4.78 is 37.2. The van der Waals surface area contributed by atoms with Crippen molar-refractivity contribution in [1.82, 2.24) is 5.32 Å². The first-order chi connectivity index (χ1) is 10.2. The maximum Gasteiger partial charge on any atom is 0.416 e. The Morgan fingerprint density at radius 1 is 1.23 bits per heavy atom. The number of rotatable bonds is 7. The van der Waals surface area contributed by atoms with E-state index >= 15 is 0 Å². The van der Waals surface area contributed by atoms with E-state index in [1.165, 1.54) is 12.1 Å². The van der Waals surface area contributed by atoms with E-state index in [4.69, 9.17) is 0 Å². The fourth-order valence-electron chi connectivity index (χ4n) is 1.90. The molecule has 1 aromatic carbocycles. The molecule has 0 fully saturated rings. The van der Waals surface area contributed by atoms with E-state index in [2.05, 4.69) is 5.32 Å². The Morgan fingerprint density at radius 3 is 2.32 bits per heavy atom. The first-order valence-corrected chi connectivity index (χ1v) is 7.31. The molecule has 0 saturated heterocycles. The SMILES string of the molecule is CC(C)C(O)CCNC(=O)CCc1ccc(C(F)(F)F)cc1. The molecule has 0 aliphatic rings. The van der Waals surface area contributed by atoms with Crippen molar-refractivity contribution in [1.29, 1.82) is 0 Å². The van der Waals surface area contributed by atoms with E-state index in [1.807, 2.05) is 13.8 Å². The highest BCUT2D eigenvalue weighted by molar-refractivity contribution is 5.76. The van der Waals surface area contributed by atoms with Gasteiger partial charge >= 0.3 is 6.18 Å². The molecule has 22 heavy (non-hydrogen) atoms. The molecule has 1 aromatic rings. The highest BCUT2D eigenvalue weighted by atomic mass is 19.4. The normalized spacial score (nSPS) is 13.2. The van der Waals surface area contributed by atoms with Crippen molar-refractivity contribution in [2.24, 2.45) is 5.92 Å². The number of aliphatic hydroxyl groups excluding tert-OH is 1. The number of nitrogens with one attached hydrogen (secondary N) is 1. The average Bonchev–Trinajstić information content (AvgIpc) is 2.44. The van der Waals surface area contributed by atoms with Crippen LogP contribution in [-0.2, 0) is 17.4 Å². The van der Waals surface area contributed by atoms with E-state index in [9.17, 15) is 23.1 Å². The van der Waals surface area contributed by atoms with E-state index in [-0.39, 0.29) is 18.2 Å². The Morgan fingerprint density at radius 2 is 1.82 bits per heavy atom. The second-order valence-electron chi connectivity index (χ2n) is 5.64. The fraction of sp³-hybridized carbons (Fsp3) is 0.562. The first kappa shape index (κ1) is 18.5. The summed E-state index contributed by atoms with van der Waals surface area (Å²) in [4.78, 5) is 11.6. The van der Waals surface area contributed by atoms with Crippen molar-refractivity contribution in [3.05, 3.63) is 35.4 Å².